The highest BCUT2D eigenvalue weighted by molar-refractivity contribution is 5.83. The van der Waals surface area contributed by atoms with Gasteiger partial charge in [-0.2, -0.15) is 0 Å². The van der Waals surface area contributed by atoms with Crippen molar-refractivity contribution in [1.29, 1.82) is 0 Å². The zero-order chi connectivity index (χ0) is 11.1. The van der Waals surface area contributed by atoms with Gasteiger partial charge in [0.05, 0.1) is 6.33 Å². The summed E-state index contributed by atoms with van der Waals surface area (Å²) in [6.45, 7) is 0. The van der Waals surface area contributed by atoms with E-state index in [1.165, 1.54) is 19.3 Å². The number of nitrogens with zero attached hydrogens (tertiary/aromatic N) is 5. The van der Waals surface area contributed by atoms with Crippen LogP contribution in [0, 0.1) is 0 Å². The number of imidazole rings is 1. The van der Waals surface area contributed by atoms with E-state index in [4.69, 9.17) is 0 Å². The van der Waals surface area contributed by atoms with Gasteiger partial charge in [-0.25, -0.2) is 15.0 Å². The third-order valence-corrected chi connectivity index (χ3v) is 3.23. The fourth-order valence-electron chi connectivity index (χ4n) is 2.10. The van der Waals surface area contributed by atoms with Crippen LogP contribution in [0.15, 0.2) is 12.7 Å². The highest BCUT2D eigenvalue weighted by atomic mass is 15.2. The van der Waals surface area contributed by atoms with Crippen molar-refractivity contribution < 1.29 is 0 Å². The first-order chi connectivity index (χ1) is 7.77. The van der Waals surface area contributed by atoms with Gasteiger partial charge in [-0.3, -0.25) is 0 Å². The van der Waals surface area contributed by atoms with Crippen molar-refractivity contribution in [1.82, 2.24) is 19.5 Å². The molecule has 0 unspecified atom stereocenters. The van der Waals surface area contributed by atoms with Gasteiger partial charge < -0.3 is 9.47 Å². The second kappa shape index (κ2) is 3.43. The van der Waals surface area contributed by atoms with Crippen LogP contribution in [0.3, 0.4) is 0 Å². The SMILES string of the molecule is CN(C)c1ncnc2c1ncn2C1CCC1. The highest BCUT2D eigenvalue weighted by Gasteiger charge is 2.22. The second-order valence-electron chi connectivity index (χ2n) is 4.50. The van der Waals surface area contributed by atoms with Gasteiger partial charge in [0.15, 0.2) is 17.0 Å². The summed E-state index contributed by atoms with van der Waals surface area (Å²) in [5, 5.41) is 0. The minimum atomic E-state index is 0.593. The summed E-state index contributed by atoms with van der Waals surface area (Å²) in [6, 6.07) is 0.593. The van der Waals surface area contributed by atoms with Crippen molar-refractivity contribution in [3.05, 3.63) is 12.7 Å². The van der Waals surface area contributed by atoms with E-state index in [0.717, 1.165) is 17.0 Å². The molecule has 5 nitrogen and oxygen atoms in total. The van der Waals surface area contributed by atoms with E-state index in [-0.39, 0.29) is 0 Å². The molecule has 84 valence electrons. The molecule has 0 bridgehead atoms. The van der Waals surface area contributed by atoms with Crippen LogP contribution in [-0.4, -0.2) is 33.6 Å². The van der Waals surface area contributed by atoms with Crippen molar-refractivity contribution in [2.24, 2.45) is 0 Å². The number of rotatable bonds is 2. The lowest BCUT2D eigenvalue weighted by atomic mass is 9.93. The number of hydrogen-bond acceptors (Lipinski definition) is 4. The molecule has 2 heterocycles. The van der Waals surface area contributed by atoms with Gasteiger partial charge in [0.25, 0.3) is 0 Å². The molecule has 0 saturated heterocycles. The van der Waals surface area contributed by atoms with Gasteiger partial charge in [0.1, 0.15) is 6.33 Å². The maximum Gasteiger partial charge on any atom is 0.165 e. The van der Waals surface area contributed by atoms with Crippen LogP contribution in [-0.2, 0) is 0 Å². The third kappa shape index (κ3) is 1.27. The van der Waals surface area contributed by atoms with E-state index in [0.29, 0.717) is 6.04 Å². The zero-order valence-electron chi connectivity index (χ0n) is 9.59. The summed E-state index contributed by atoms with van der Waals surface area (Å²) >= 11 is 0. The molecule has 2 aromatic rings. The predicted octanol–water partition coefficient (Wildman–Crippen LogP) is 1.62. The van der Waals surface area contributed by atoms with Crippen LogP contribution in [0.25, 0.3) is 11.2 Å². The number of fused-ring (bicyclic) bond motifs is 1. The molecule has 0 amide bonds. The molecule has 3 rings (SSSR count). The van der Waals surface area contributed by atoms with Gasteiger partial charge in [-0.05, 0) is 19.3 Å². The van der Waals surface area contributed by atoms with Gasteiger partial charge in [-0.1, -0.05) is 0 Å². The highest BCUT2D eigenvalue weighted by Crippen LogP contribution is 2.34. The Morgan fingerprint density at radius 1 is 1.25 bits per heavy atom. The maximum atomic E-state index is 4.44. The van der Waals surface area contributed by atoms with Gasteiger partial charge in [0.2, 0.25) is 0 Å². The van der Waals surface area contributed by atoms with Crippen LogP contribution in [0.4, 0.5) is 5.82 Å². The Morgan fingerprint density at radius 2 is 2.06 bits per heavy atom. The summed E-state index contributed by atoms with van der Waals surface area (Å²) in [5.41, 5.74) is 1.86. The van der Waals surface area contributed by atoms with Crippen molar-refractivity contribution in [2.45, 2.75) is 25.3 Å². The topological polar surface area (TPSA) is 46.8 Å². The predicted molar refractivity (Wildman–Crippen MR) is 62.5 cm³/mol. The lowest BCUT2D eigenvalue weighted by Gasteiger charge is -2.26. The standard InChI is InChI=1S/C11H15N5/c1-15(2)10-9-11(13-6-12-10)16(7-14-9)8-4-3-5-8/h6-8H,3-5H2,1-2H3. The molecule has 0 atom stereocenters. The summed E-state index contributed by atoms with van der Waals surface area (Å²) in [7, 11) is 3.95. The Labute approximate surface area is 94.1 Å². The smallest absolute Gasteiger partial charge is 0.165 e. The molecule has 16 heavy (non-hydrogen) atoms. The molecule has 0 N–H and O–H groups in total. The van der Waals surface area contributed by atoms with Crippen LogP contribution in [0.1, 0.15) is 25.3 Å². The lowest BCUT2D eigenvalue weighted by Crippen LogP contribution is -2.17. The quantitative estimate of drug-likeness (QED) is 0.767. The van der Waals surface area contributed by atoms with E-state index in [9.17, 15) is 0 Å². The molecule has 2 aromatic heterocycles. The van der Waals surface area contributed by atoms with Crippen molar-refractivity contribution in [2.75, 3.05) is 19.0 Å². The van der Waals surface area contributed by atoms with Crippen molar-refractivity contribution in [3.8, 4) is 0 Å². The van der Waals surface area contributed by atoms with Crippen molar-refractivity contribution >= 4 is 17.0 Å². The molecule has 0 radical (unpaired) electrons. The Morgan fingerprint density at radius 3 is 2.69 bits per heavy atom. The Kier molecular flexibility index (Phi) is 2.05. The molecule has 1 aliphatic carbocycles. The van der Waals surface area contributed by atoms with E-state index < -0.39 is 0 Å². The Bertz CT molecular complexity index is 512. The van der Waals surface area contributed by atoms with E-state index in [1.807, 2.05) is 25.3 Å². The minimum Gasteiger partial charge on any atom is -0.361 e. The fraction of sp³-hybridized carbons (Fsp3) is 0.545. The van der Waals surface area contributed by atoms with Crippen LogP contribution < -0.4 is 4.90 Å². The average molecular weight is 217 g/mol. The van der Waals surface area contributed by atoms with E-state index in [1.54, 1.807) is 6.33 Å². The molecule has 1 saturated carbocycles. The molecule has 1 aliphatic rings. The monoisotopic (exact) mass is 217 g/mol. The molecular weight excluding hydrogens is 202 g/mol. The largest absolute Gasteiger partial charge is 0.361 e. The van der Waals surface area contributed by atoms with Gasteiger partial charge >= 0.3 is 0 Å². The Hall–Kier alpha value is -1.65. The molecule has 0 spiro atoms. The van der Waals surface area contributed by atoms with Crippen molar-refractivity contribution in [3.63, 3.8) is 0 Å². The number of hydrogen-bond donors (Lipinski definition) is 0. The third-order valence-electron chi connectivity index (χ3n) is 3.23. The first kappa shape index (κ1) is 9.57. The zero-order valence-corrected chi connectivity index (χ0v) is 9.59. The first-order valence-corrected chi connectivity index (χ1v) is 5.62. The second-order valence-corrected chi connectivity index (χ2v) is 4.50. The Balaban J connectivity index is 2.16. The number of anilines is 1. The van der Waals surface area contributed by atoms with Crippen LogP contribution >= 0.6 is 0 Å². The molecule has 1 fully saturated rings. The molecule has 5 heteroatoms. The lowest BCUT2D eigenvalue weighted by molar-refractivity contribution is 0.319. The van der Waals surface area contributed by atoms with E-state index in [2.05, 4.69) is 19.5 Å². The maximum absolute atomic E-state index is 4.44. The molecule has 0 aliphatic heterocycles. The van der Waals surface area contributed by atoms with Crippen LogP contribution in [0.5, 0.6) is 0 Å². The summed E-state index contributed by atoms with van der Waals surface area (Å²) in [4.78, 5) is 15.0. The summed E-state index contributed by atoms with van der Waals surface area (Å²) < 4.78 is 2.19. The van der Waals surface area contributed by atoms with Gasteiger partial charge in [0, 0.05) is 20.1 Å². The van der Waals surface area contributed by atoms with Gasteiger partial charge in [-0.15, -0.1) is 0 Å². The fourth-order valence-corrected chi connectivity index (χ4v) is 2.10. The first-order valence-electron chi connectivity index (χ1n) is 5.62. The molecular formula is C11H15N5. The normalized spacial score (nSPS) is 16.4. The summed E-state index contributed by atoms with van der Waals surface area (Å²) in [6.07, 6.45) is 7.32. The average Bonchev–Trinajstić information content (AvgIpc) is 2.59. The molecule has 0 aromatic carbocycles. The van der Waals surface area contributed by atoms with E-state index >= 15 is 0 Å². The number of aromatic nitrogens is 4. The summed E-state index contributed by atoms with van der Waals surface area (Å²) in [5.74, 6) is 0.892. The van der Waals surface area contributed by atoms with Crippen LogP contribution in [0.2, 0.25) is 0 Å². The minimum absolute atomic E-state index is 0.593.